The first-order chi connectivity index (χ1) is 22.0. The molecule has 9 heteroatoms. The zero-order valence-corrected chi connectivity index (χ0v) is 27.5. The molecule has 4 aromatic rings. The molecule has 0 spiro atoms. The summed E-state index contributed by atoms with van der Waals surface area (Å²) in [6.45, 7) is 5.91. The average Bonchev–Trinajstić information content (AvgIpc) is 3.08. The fraction of sp³-hybridized carbons (Fsp3) is 0.432. The Kier molecular flexibility index (Phi) is 13.6. The van der Waals surface area contributed by atoms with Crippen molar-refractivity contribution >= 4 is 29.3 Å². The minimum Gasteiger partial charge on any atom is -0.466 e. The van der Waals surface area contributed by atoms with Crippen LogP contribution in [0.15, 0.2) is 94.5 Å². The Morgan fingerprint density at radius 3 is 1.98 bits per heavy atom. The zero-order valence-electron chi connectivity index (χ0n) is 26.7. The third-order valence-electron chi connectivity index (χ3n) is 8.62. The van der Waals surface area contributed by atoms with Crippen LogP contribution in [-0.2, 0) is 27.4 Å². The summed E-state index contributed by atoms with van der Waals surface area (Å²) < 4.78 is 14.8. The van der Waals surface area contributed by atoms with Gasteiger partial charge in [0, 0.05) is 32.6 Å². The number of nitrogens with zero attached hydrogens (tertiary/aromatic N) is 3. The summed E-state index contributed by atoms with van der Waals surface area (Å²) in [6, 6.07) is 28.2. The first-order valence-electron chi connectivity index (χ1n) is 16.4. The Hall–Kier alpha value is -3.72. The third kappa shape index (κ3) is 9.18. The number of carbonyl (C=O) groups excluding carboxylic acids is 1. The van der Waals surface area contributed by atoms with Crippen molar-refractivity contribution in [2.45, 2.75) is 77.2 Å². The number of likely N-dealkylation sites (tertiary alicyclic amines) is 1. The summed E-state index contributed by atoms with van der Waals surface area (Å²) >= 11 is 0. The molecule has 0 radical (unpaired) electrons. The predicted molar refractivity (Wildman–Crippen MR) is 185 cm³/mol. The Morgan fingerprint density at radius 1 is 0.761 bits per heavy atom. The topological polar surface area (TPSA) is 82.8 Å². The largest absolute Gasteiger partial charge is 0.466 e. The van der Waals surface area contributed by atoms with E-state index in [9.17, 15) is 14.4 Å². The molecule has 1 saturated heterocycles. The molecule has 5 rings (SSSR count). The standard InChI is InChI=1S/C37H45N3O5.ClH/c1-2-44-34(41)21-11-12-26-40-36(42)32-19-9-10-20-33(32)39(37(40)43)25-14-13-24-38-27-22-31(23-28-38)45-35(29-15-5-3-6-16-29)30-17-7-4-8-18-30;/h3-10,15-20,31,35H,2,11-14,21-28H2,1H3;1H. The van der Waals surface area contributed by atoms with Gasteiger partial charge in [-0.05, 0) is 75.3 Å². The number of halogens is 1. The quantitative estimate of drug-likeness (QED) is 0.110. The van der Waals surface area contributed by atoms with Gasteiger partial charge in [0.05, 0.1) is 23.6 Å². The minimum atomic E-state index is -0.279. The van der Waals surface area contributed by atoms with E-state index < -0.39 is 0 Å². The van der Waals surface area contributed by atoms with Crippen LogP contribution in [-0.4, -0.2) is 52.3 Å². The van der Waals surface area contributed by atoms with Crippen LogP contribution in [0.4, 0.5) is 0 Å². The third-order valence-corrected chi connectivity index (χ3v) is 8.62. The number of ether oxygens (including phenoxy) is 2. The molecule has 0 N–H and O–H groups in total. The Labute approximate surface area is 277 Å². The second-order valence-corrected chi connectivity index (χ2v) is 11.8. The molecule has 0 saturated carbocycles. The van der Waals surface area contributed by atoms with Crippen molar-refractivity contribution in [2.75, 3.05) is 26.2 Å². The molecule has 2 heterocycles. The van der Waals surface area contributed by atoms with Crippen molar-refractivity contribution in [1.29, 1.82) is 0 Å². The molecule has 0 aliphatic carbocycles. The number of carbonyl (C=O) groups is 1. The molecule has 0 atom stereocenters. The molecule has 1 aliphatic heterocycles. The van der Waals surface area contributed by atoms with E-state index in [1.54, 1.807) is 17.6 Å². The van der Waals surface area contributed by atoms with Gasteiger partial charge in [-0.3, -0.25) is 18.7 Å². The summed E-state index contributed by atoms with van der Waals surface area (Å²) in [5.74, 6) is -0.249. The average molecular weight is 648 g/mol. The van der Waals surface area contributed by atoms with Gasteiger partial charge >= 0.3 is 11.7 Å². The number of unbranched alkanes of at least 4 members (excludes halogenated alkanes) is 2. The van der Waals surface area contributed by atoms with Crippen LogP contribution in [0, 0.1) is 0 Å². The van der Waals surface area contributed by atoms with Gasteiger partial charge < -0.3 is 14.4 Å². The molecule has 0 bridgehead atoms. The Balaban J connectivity index is 0.00000480. The highest BCUT2D eigenvalue weighted by atomic mass is 35.5. The molecule has 1 fully saturated rings. The van der Waals surface area contributed by atoms with Crippen molar-refractivity contribution < 1.29 is 14.3 Å². The highest BCUT2D eigenvalue weighted by molar-refractivity contribution is 5.85. The summed E-state index contributed by atoms with van der Waals surface area (Å²) in [7, 11) is 0. The van der Waals surface area contributed by atoms with E-state index in [0.29, 0.717) is 36.9 Å². The van der Waals surface area contributed by atoms with Crippen LogP contribution in [0.3, 0.4) is 0 Å². The summed E-state index contributed by atoms with van der Waals surface area (Å²) in [6.07, 6.45) is 5.32. The van der Waals surface area contributed by atoms with E-state index in [4.69, 9.17) is 9.47 Å². The molecule has 0 amide bonds. The van der Waals surface area contributed by atoms with E-state index in [-0.39, 0.29) is 54.8 Å². The first kappa shape index (κ1) is 35.1. The van der Waals surface area contributed by atoms with E-state index in [0.717, 1.165) is 45.3 Å². The normalized spacial score (nSPS) is 14.0. The van der Waals surface area contributed by atoms with Gasteiger partial charge in [0.1, 0.15) is 6.10 Å². The van der Waals surface area contributed by atoms with Gasteiger partial charge in [-0.25, -0.2) is 4.79 Å². The van der Waals surface area contributed by atoms with Gasteiger partial charge in [-0.15, -0.1) is 12.4 Å². The lowest BCUT2D eigenvalue weighted by Gasteiger charge is -2.34. The highest BCUT2D eigenvalue weighted by Gasteiger charge is 2.24. The van der Waals surface area contributed by atoms with Gasteiger partial charge in [0.25, 0.3) is 5.56 Å². The number of esters is 1. The lowest BCUT2D eigenvalue weighted by Crippen LogP contribution is -2.40. The summed E-state index contributed by atoms with van der Waals surface area (Å²) in [5.41, 5.74) is 2.49. The van der Waals surface area contributed by atoms with Crippen LogP contribution in [0.1, 0.15) is 69.1 Å². The Bertz CT molecular complexity index is 1590. The van der Waals surface area contributed by atoms with Crippen molar-refractivity contribution in [1.82, 2.24) is 14.0 Å². The second-order valence-electron chi connectivity index (χ2n) is 11.8. The summed E-state index contributed by atoms with van der Waals surface area (Å²) in [5, 5.41) is 0.550. The number of rotatable bonds is 15. The van der Waals surface area contributed by atoms with Crippen LogP contribution in [0.2, 0.25) is 0 Å². The van der Waals surface area contributed by atoms with Gasteiger partial charge in [-0.2, -0.15) is 0 Å². The van der Waals surface area contributed by atoms with Crippen molar-refractivity contribution in [2.24, 2.45) is 0 Å². The summed E-state index contributed by atoms with van der Waals surface area (Å²) in [4.78, 5) is 40.8. The molecule has 0 unspecified atom stereocenters. The van der Waals surface area contributed by atoms with E-state index in [2.05, 4.69) is 53.4 Å². The number of benzene rings is 3. The monoisotopic (exact) mass is 647 g/mol. The highest BCUT2D eigenvalue weighted by Crippen LogP contribution is 2.30. The van der Waals surface area contributed by atoms with Gasteiger partial charge in [0.2, 0.25) is 0 Å². The zero-order chi connectivity index (χ0) is 31.4. The van der Waals surface area contributed by atoms with E-state index in [1.807, 2.05) is 30.3 Å². The SMILES string of the molecule is CCOC(=O)CCCCn1c(=O)c2ccccc2n(CCCCN2CCC(OC(c3ccccc3)c3ccccc3)CC2)c1=O.Cl. The Morgan fingerprint density at radius 2 is 1.33 bits per heavy atom. The van der Waals surface area contributed by atoms with Crippen LogP contribution >= 0.6 is 12.4 Å². The lowest BCUT2D eigenvalue weighted by molar-refractivity contribution is -0.143. The van der Waals surface area contributed by atoms with Crippen molar-refractivity contribution in [3.05, 3.63) is 117 Å². The van der Waals surface area contributed by atoms with Gasteiger partial charge in [-0.1, -0.05) is 72.8 Å². The van der Waals surface area contributed by atoms with E-state index >= 15 is 0 Å². The maximum absolute atomic E-state index is 13.5. The maximum Gasteiger partial charge on any atom is 0.331 e. The number of hydrogen-bond donors (Lipinski definition) is 0. The molecule has 1 aromatic heterocycles. The van der Waals surface area contributed by atoms with Crippen LogP contribution < -0.4 is 11.2 Å². The molecular formula is C37H46ClN3O5. The second kappa shape index (κ2) is 17.8. The van der Waals surface area contributed by atoms with Crippen LogP contribution in [0.25, 0.3) is 10.9 Å². The number of piperidine rings is 1. The fourth-order valence-electron chi connectivity index (χ4n) is 6.23. The molecular weight excluding hydrogens is 602 g/mol. The number of para-hydroxylation sites is 1. The van der Waals surface area contributed by atoms with Gasteiger partial charge in [0.15, 0.2) is 0 Å². The minimum absolute atomic E-state index is 0. The molecule has 246 valence electrons. The molecule has 3 aromatic carbocycles. The van der Waals surface area contributed by atoms with Crippen LogP contribution in [0.5, 0.6) is 0 Å². The molecule has 8 nitrogen and oxygen atoms in total. The lowest BCUT2D eigenvalue weighted by atomic mass is 10.00. The van der Waals surface area contributed by atoms with E-state index in [1.165, 1.54) is 15.7 Å². The number of aromatic nitrogens is 2. The number of aryl methyl sites for hydroxylation is 1. The fourth-order valence-corrected chi connectivity index (χ4v) is 6.23. The van der Waals surface area contributed by atoms with Crippen molar-refractivity contribution in [3.8, 4) is 0 Å². The first-order valence-corrected chi connectivity index (χ1v) is 16.4. The molecule has 1 aliphatic rings. The maximum atomic E-state index is 13.5. The van der Waals surface area contributed by atoms with Crippen molar-refractivity contribution in [3.63, 3.8) is 0 Å². The number of hydrogen-bond acceptors (Lipinski definition) is 6. The number of fused-ring (bicyclic) bond motifs is 1. The molecule has 46 heavy (non-hydrogen) atoms. The smallest absolute Gasteiger partial charge is 0.331 e. The predicted octanol–water partition coefficient (Wildman–Crippen LogP) is 6.37.